The SMILES string of the molecule is CC(CN)(NC(=O)C1CC1c1cccc(F)c1F)C1CC1. The second-order valence-electron chi connectivity index (χ2n) is 6.48. The van der Waals surface area contributed by atoms with Gasteiger partial charge in [-0.15, -0.1) is 0 Å². The Morgan fingerprint density at radius 3 is 2.76 bits per heavy atom. The van der Waals surface area contributed by atoms with Crippen LogP contribution in [0.15, 0.2) is 18.2 Å². The van der Waals surface area contributed by atoms with Gasteiger partial charge in [-0.2, -0.15) is 0 Å². The van der Waals surface area contributed by atoms with E-state index in [4.69, 9.17) is 5.73 Å². The molecule has 0 bridgehead atoms. The summed E-state index contributed by atoms with van der Waals surface area (Å²) in [5, 5.41) is 3.02. The van der Waals surface area contributed by atoms with E-state index in [2.05, 4.69) is 5.32 Å². The number of amides is 1. The molecule has 3 rings (SSSR count). The lowest BCUT2D eigenvalue weighted by molar-refractivity contribution is -0.124. The average molecular weight is 294 g/mol. The molecule has 5 heteroatoms. The number of nitrogens with two attached hydrogens (primary N) is 1. The Bertz CT molecular complexity index is 573. The Labute approximate surface area is 122 Å². The predicted molar refractivity (Wildman–Crippen MR) is 75.5 cm³/mol. The number of rotatable bonds is 5. The van der Waals surface area contributed by atoms with Crippen LogP contribution >= 0.6 is 0 Å². The number of hydrogen-bond acceptors (Lipinski definition) is 2. The van der Waals surface area contributed by atoms with Crippen molar-refractivity contribution in [3.8, 4) is 0 Å². The fraction of sp³-hybridized carbons (Fsp3) is 0.562. The molecule has 0 aliphatic heterocycles. The summed E-state index contributed by atoms with van der Waals surface area (Å²) in [4.78, 5) is 12.3. The average Bonchev–Trinajstić information content (AvgIpc) is 3.33. The first-order valence-corrected chi connectivity index (χ1v) is 7.42. The van der Waals surface area contributed by atoms with E-state index in [9.17, 15) is 13.6 Å². The highest BCUT2D eigenvalue weighted by molar-refractivity contribution is 5.83. The van der Waals surface area contributed by atoms with E-state index in [1.807, 2.05) is 6.92 Å². The number of carbonyl (C=O) groups excluding carboxylic acids is 1. The van der Waals surface area contributed by atoms with Crippen molar-refractivity contribution in [2.24, 2.45) is 17.6 Å². The van der Waals surface area contributed by atoms with E-state index >= 15 is 0 Å². The minimum Gasteiger partial charge on any atom is -0.349 e. The third-order valence-electron chi connectivity index (χ3n) is 4.82. The monoisotopic (exact) mass is 294 g/mol. The molecule has 3 nitrogen and oxygen atoms in total. The van der Waals surface area contributed by atoms with Crippen molar-refractivity contribution in [3.63, 3.8) is 0 Å². The molecule has 0 saturated heterocycles. The van der Waals surface area contributed by atoms with E-state index in [-0.39, 0.29) is 23.3 Å². The molecule has 3 N–H and O–H groups in total. The molecule has 2 fully saturated rings. The first-order chi connectivity index (χ1) is 9.96. The maximum Gasteiger partial charge on any atom is 0.224 e. The van der Waals surface area contributed by atoms with Gasteiger partial charge < -0.3 is 11.1 Å². The molecule has 3 atom stereocenters. The van der Waals surface area contributed by atoms with Crippen LogP contribution in [0.2, 0.25) is 0 Å². The lowest BCUT2D eigenvalue weighted by Gasteiger charge is -2.29. The Morgan fingerprint density at radius 2 is 2.14 bits per heavy atom. The molecule has 0 radical (unpaired) electrons. The lowest BCUT2D eigenvalue weighted by Crippen LogP contribution is -2.53. The summed E-state index contributed by atoms with van der Waals surface area (Å²) in [6.45, 7) is 2.36. The molecule has 0 aromatic heterocycles. The van der Waals surface area contributed by atoms with Gasteiger partial charge in [-0.3, -0.25) is 4.79 Å². The van der Waals surface area contributed by atoms with E-state index in [0.29, 0.717) is 24.4 Å². The molecule has 0 spiro atoms. The van der Waals surface area contributed by atoms with Crippen LogP contribution in [0.3, 0.4) is 0 Å². The molecular weight excluding hydrogens is 274 g/mol. The minimum absolute atomic E-state index is 0.0940. The molecule has 2 saturated carbocycles. The van der Waals surface area contributed by atoms with Gasteiger partial charge in [-0.05, 0) is 49.7 Å². The van der Waals surface area contributed by atoms with Crippen LogP contribution in [0, 0.1) is 23.5 Å². The van der Waals surface area contributed by atoms with Crippen LogP contribution in [-0.4, -0.2) is 18.0 Å². The molecule has 1 aromatic carbocycles. The summed E-state index contributed by atoms with van der Waals surface area (Å²) in [6.07, 6.45) is 2.73. The highest BCUT2D eigenvalue weighted by Gasteiger charge is 2.49. The Morgan fingerprint density at radius 1 is 1.43 bits per heavy atom. The van der Waals surface area contributed by atoms with E-state index < -0.39 is 11.6 Å². The standard InChI is InChI=1S/C16H20F2N2O/c1-16(8-19,9-5-6-9)20-15(21)12-7-11(12)10-3-2-4-13(17)14(10)18/h2-4,9,11-12H,5-8,19H2,1H3,(H,20,21). The van der Waals surface area contributed by atoms with Crippen LogP contribution in [0.1, 0.15) is 37.7 Å². The van der Waals surface area contributed by atoms with Crippen LogP contribution in [0.25, 0.3) is 0 Å². The molecule has 21 heavy (non-hydrogen) atoms. The fourth-order valence-electron chi connectivity index (χ4n) is 3.05. The zero-order valence-corrected chi connectivity index (χ0v) is 12.0. The number of halogens is 2. The van der Waals surface area contributed by atoms with E-state index in [1.165, 1.54) is 6.07 Å². The highest BCUT2D eigenvalue weighted by atomic mass is 19.2. The smallest absolute Gasteiger partial charge is 0.224 e. The predicted octanol–water partition coefficient (Wildman–Crippen LogP) is 2.31. The number of benzene rings is 1. The van der Waals surface area contributed by atoms with Crippen molar-refractivity contribution in [3.05, 3.63) is 35.4 Å². The van der Waals surface area contributed by atoms with Gasteiger partial charge in [0.25, 0.3) is 0 Å². The van der Waals surface area contributed by atoms with Crippen LogP contribution < -0.4 is 11.1 Å². The van der Waals surface area contributed by atoms with Gasteiger partial charge >= 0.3 is 0 Å². The van der Waals surface area contributed by atoms with Gasteiger partial charge in [0, 0.05) is 12.5 Å². The van der Waals surface area contributed by atoms with Gasteiger partial charge in [-0.25, -0.2) is 8.78 Å². The van der Waals surface area contributed by atoms with Crippen LogP contribution in [0.5, 0.6) is 0 Å². The minimum atomic E-state index is -0.858. The van der Waals surface area contributed by atoms with Gasteiger partial charge in [-0.1, -0.05) is 12.1 Å². The van der Waals surface area contributed by atoms with Crippen molar-refractivity contribution < 1.29 is 13.6 Å². The molecule has 2 aliphatic rings. The summed E-state index contributed by atoms with van der Waals surface area (Å²) < 4.78 is 27.0. The third-order valence-corrected chi connectivity index (χ3v) is 4.82. The maximum absolute atomic E-state index is 13.7. The van der Waals surface area contributed by atoms with Crippen LogP contribution in [-0.2, 0) is 4.79 Å². The Hall–Kier alpha value is -1.49. The van der Waals surface area contributed by atoms with Crippen molar-refractivity contribution in [2.45, 2.75) is 37.6 Å². The second-order valence-corrected chi connectivity index (χ2v) is 6.48. The molecule has 0 heterocycles. The zero-order valence-electron chi connectivity index (χ0n) is 12.0. The molecule has 114 valence electrons. The second kappa shape index (κ2) is 5.05. The van der Waals surface area contributed by atoms with Crippen molar-refractivity contribution in [1.29, 1.82) is 0 Å². The van der Waals surface area contributed by atoms with E-state index in [0.717, 1.165) is 18.9 Å². The first kappa shape index (κ1) is 14.4. The van der Waals surface area contributed by atoms with Gasteiger partial charge in [0.05, 0.1) is 5.54 Å². The van der Waals surface area contributed by atoms with Gasteiger partial charge in [0.15, 0.2) is 11.6 Å². The topological polar surface area (TPSA) is 55.1 Å². The van der Waals surface area contributed by atoms with Crippen molar-refractivity contribution in [1.82, 2.24) is 5.32 Å². The molecule has 1 amide bonds. The number of hydrogen-bond donors (Lipinski definition) is 2. The summed E-state index contributed by atoms with van der Waals surface area (Å²) in [6, 6.07) is 4.13. The van der Waals surface area contributed by atoms with Crippen LogP contribution in [0.4, 0.5) is 8.78 Å². The normalized spacial score (nSPS) is 27.0. The lowest BCUT2D eigenvalue weighted by atomic mass is 9.95. The quantitative estimate of drug-likeness (QED) is 0.875. The fourth-order valence-corrected chi connectivity index (χ4v) is 3.05. The summed E-state index contributed by atoms with van der Waals surface area (Å²) >= 11 is 0. The molecule has 3 unspecified atom stereocenters. The highest BCUT2D eigenvalue weighted by Crippen LogP contribution is 2.49. The summed E-state index contributed by atoms with van der Waals surface area (Å²) in [5.74, 6) is -1.84. The van der Waals surface area contributed by atoms with E-state index in [1.54, 1.807) is 6.07 Å². The molecule has 2 aliphatic carbocycles. The first-order valence-electron chi connectivity index (χ1n) is 7.42. The summed E-state index contributed by atoms with van der Waals surface area (Å²) in [7, 11) is 0. The third kappa shape index (κ3) is 2.67. The Kier molecular flexibility index (Phi) is 3.48. The Balaban J connectivity index is 1.67. The number of carbonyl (C=O) groups is 1. The number of nitrogens with one attached hydrogen (secondary N) is 1. The van der Waals surface area contributed by atoms with Gasteiger partial charge in [0.1, 0.15) is 0 Å². The largest absolute Gasteiger partial charge is 0.349 e. The molecule has 1 aromatic rings. The molecular formula is C16H20F2N2O. The summed E-state index contributed by atoms with van der Waals surface area (Å²) in [5.41, 5.74) is 5.71. The maximum atomic E-state index is 13.7. The van der Waals surface area contributed by atoms with Gasteiger partial charge in [0.2, 0.25) is 5.91 Å². The van der Waals surface area contributed by atoms with Crippen molar-refractivity contribution >= 4 is 5.91 Å². The van der Waals surface area contributed by atoms with Crippen molar-refractivity contribution in [2.75, 3.05) is 6.54 Å². The zero-order chi connectivity index (χ0) is 15.2.